The molecule has 0 fully saturated rings. The summed E-state index contributed by atoms with van der Waals surface area (Å²) in [5, 5.41) is 3.66. The molecule has 0 bridgehead atoms. The molecule has 2 aromatic carbocycles. The molecule has 0 amide bonds. The third-order valence-corrected chi connectivity index (χ3v) is 4.29. The molecular weight excluding hydrogens is 411 g/mol. The van der Waals surface area contributed by atoms with Crippen LogP contribution in [0.4, 0.5) is 14.5 Å². The maximum Gasteiger partial charge on any atom is 0.387 e. The SMILES string of the molecule is Cc1ccc(NCc2cc(Cl)ccc2OC(F)F)cc1I. The van der Waals surface area contributed by atoms with Crippen LogP contribution in [-0.4, -0.2) is 6.61 Å². The van der Waals surface area contributed by atoms with Gasteiger partial charge in [0.25, 0.3) is 0 Å². The predicted molar refractivity (Wildman–Crippen MR) is 89.3 cm³/mol. The number of nitrogens with one attached hydrogen (secondary N) is 1. The lowest BCUT2D eigenvalue weighted by atomic mass is 10.2. The van der Waals surface area contributed by atoms with Crippen LogP contribution in [0.25, 0.3) is 0 Å². The first-order valence-corrected chi connectivity index (χ1v) is 7.64. The Morgan fingerprint density at radius 3 is 2.67 bits per heavy atom. The van der Waals surface area contributed by atoms with Crippen molar-refractivity contribution in [3.8, 4) is 5.75 Å². The Kier molecular flexibility index (Phi) is 5.64. The Labute approximate surface area is 140 Å². The Morgan fingerprint density at radius 1 is 1.24 bits per heavy atom. The Bertz CT molecular complexity index is 637. The lowest BCUT2D eigenvalue weighted by molar-refractivity contribution is -0.0504. The van der Waals surface area contributed by atoms with Gasteiger partial charge in [-0.3, -0.25) is 0 Å². The van der Waals surface area contributed by atoms with Gasteiger partial charge in [0, 0.05) is 26.4 Å². The molecule has 0 aromatic heterocycles. The van der Waals surface area contributed by atoms with E-state index in [4.69, 9.17) is 11.6 Å². The van der Waals surface area contributed by atoms with E-state index >= 15 is 0 Å². The van der Waals surface area contributed by atoms with Gasteiger partial charge in [-0.2, -0.15) is 8.78 Å². The van der Waals surface area contributed by atoms with Gasteiger partial charge in [0.15, 0.2) is 0 Å². The first kappa shape index (κ1) is 16.3. The lowest BCUT2D eigenvalue weighted by Crippen LogP contribution is -2.07. The van der Waals surface area contributed by atoms with E-state index < -0.39 is 6.61 Å². The Balaban J connectivity index is 2.14. The average Bonchev–Trinajstić information content (AvgIpc) is 2.42. The van der Waals surface area contributed by atoms with Crippen LogP contribution in [0.2, 0.25) is 5.02 Å². The fourth-order valence-electron chi connectivity index (χ4n) is 1.80. The number of hydrogen-bond acceptors (Lipinski definition) is 2. The molecule has 2 rings (SSSR count). The van der Waals surface area contributed by atoms with Gasteiger partial charge < -0.3 is 10.1 Å². The zero-order chi connectivity index (χ0) is 15.4. The molecule has 0 aliphatic rings. The number of alkyl halides is 2. The molecular formula is C15H13ClF2INO. The largest absolute Gasteiger partial charge is 0.434 e. The van der Waals surface area contributed by atoms with E-state index in [1.807, 2.05) is 25.1 Å². The smallest absolute Gasteiger partial charge is 0.387 e. The molecule has 0 aliphatic heterocycles. The van der Waals surface area contributed by atoms with Crippen molar-refractivity contribution in [1.29, 1.82) is 0 Å². The highest BCUT2D eigenvalue weighted by Crippen LogP contribution is 2.26. The molecule has 0 spiro atoms. The summed E-state index contributed by atoms with van der Waals surface area (Å²) in [6.07, 6.45) is 0. The zero-order valence-electron chi connectivity index (χ0n) is 11.2. The number of rotatable bonds is 5. The summed E-state index contributed by atoms with van der Waals surface area (Å²) in [5.74, 6) is 0.128. The third-order valence-electron chi connectivity index (χ3n) is 2.89. The molecule has 0 saturated carbocycles. The van der Waals surface area contributed by atoms with Crippen LogP contribution in [0.15, 0.2) is 36.4 Å². The van der Waals surface area contributed by atoms with Gasteiger partial charge in [0.2, 0.25) is 0 Å². The van der Waals surface area contributed by atoms with E-state index in [2.05, 4.69) is 32.6 Å². The minimum absolute atomic E-state index is 0.128. The maximum atomic E-state index is 12.4. The quantitative estimate of drug-likeness (QED) is 0.644. The van der Waals surface area contributed by atoms with Crippen molar-refractivity contribution in [2.24, 2.45) is 0 Å². The van der Waals surface area contributed by atoms with Gasteiger partial charge >= 0.3 is 6.61 Å². The maximum absolute atomic E-state index is 12.4. The molecule has 1 N–H and O–H groups in total. The Morgan fingerprint density at radius 2 is 2.00 bits per heavy atom. The first-order chi connectivity index (χ1) is 9.95. The molecule has 0 unspecified atom stereocenters. The van der Waals surface area contributed by atoms with Crippen molar-refractivity contribution in [1.82, 2.24) is 0 Å². The van der Waals surface area contributed by atoms with Gasteiger partial charge in [-0.15, -0.1) is 0 Å². The van der Waals surface area contributed by atoms with E-state index in [-0.39, 0.29) is 5.75 Å². The van der Waals surface area contributed by atoms with Gasteiger partial charge in [0.1, 0.15) is 5.75 Å². The summed E-state index contributed by atoms with van der Waals surface area (Å²) >= 11 is 8.16. The topological polar surface area (TPSA) is 21.3 Å². The van der Waals surface area contributed by atoms with Crippen LogP contribution in [0.5, 0.6) is 5.75 Å². The van der Waals surface area contributed by atoms with E-state index in [1.165, 1.54) is 17.7 Å². The molecule has 21 heavy (non-hydrogen) atoms. The highest BCUT2D eigenvalue weighted by atomic mass is 127. The minimum Gasteiger partial charge on any atom is -0.434 e. The molecule has 112 valence electrons. The van der Waals surface area contributed by atoms with Crippen molar-refractivity contribution >= 4 is 39.9 Å². The second-order valence-electron chi connectivity index (χ2n) is 4.45. The number of ether oxygens (including phenoxy) is 1. The fourth-order valence-corrected chi connectivity index (χ4v) is 2.51. The summed E-state index contributed by atoms with van der Waals surface area (Å²) in [5.41, 5.74) is 2.68. The van der Waals surface area contributed by atoms with Gasteiger partial charge in [-0.1, -0.05) is 17.7 Å². The van der Waals surface area contributed by atoms with Gasteiger partial charge in [0.05, 0.1) is 0 Å². The predicted octanol–water partition coefficient (Wildman–Crippen LogP) is 5.47. The summed E-state index contributed by atoms with van der Waals surface area (Å²) in [6.45, 7) is -0.482. The molecule has 6 heteroatoms. The van der Waals surface area contributed by atoms with Crippen LogP contribution in [0.1, 0.15) is 11.1 Å². The van der Waals surface area contributed by atoms with Crippen LogP contribution < -0.4 is 10.1 Å². The molecule has 0 heterocycles. The molecule has 0 saturated heterocycles. The lowest BCUT2D eigenvalue weighted by Gasteiger charge is -2.13. The number of aryl methyl sites for hydroxylation is 1. The third kappa shape index (κ3) is 4.71. The highest BCUT2D eigenvalue weighted by molar-refractivity contribution is 14.1. The molecule has 0 aliphatic carbocycles. The minimum atomic E-state index is -2.86. The van der Waals surface area contributed by atoms with E-state index in [1.54, 1.807) is 6.07 Å². The highest BCUT2D eigenvalue weighted by Gasteiger charge is 2.10. The number of anilines is 1. The normalized spacial score (nSPS) is 10.8. The van der Waals surface area contributed by atoms with Crippen molar-refractivity contribution in [2.45, 2.75) is 20.1 Å². The van der Waals surface area contributed by atoms with Crippen LogP contribution >= 0.6 is 34.2 Å². The number of hydrogen-bond donors (Lipinski definition) is 1. The second-order valence-corrected chi connectivity index (χ2v) is 6.05. The van der Waals surface area contributed by atoms with Crippen molar-refractivity contribution in [2.75, 3.05) is 5.32 Å². The average molecular weight is 424 g/mol. The number of benzene rings is 2. The van der Waals surface area contributed by atoms with Crippen LogP contribution in [0, 0.1) is 10.5 Å². The van der Waals surface area contributed by atoms with Crippen molar-refractivity contribution in [3.05, 3.63) is 56.1 Å². The van der Waals surface area contributed by atoms with Gasteiger partial charge in [-0.25, -0.2) is 0 Å². The summed E-state index contributed by atoms with van der Waals surface area (Å²) < 4.78 is 30.4. The van der Waals surface area contributed by atoms with Crippen LogP contribution in [0.3, 0.4) is 0 Å². The molecule has 0 radical (unpaired) electrons. The first-order valence-electron chi connectivity index (χ1n) is 6.19. The molecule has 0 atom stereocenters. The Hall–Kier alpha value is -1.08. The summed E-state index contributed by atoms with van der Waals surface area (Å²) in [7, 11) is 0. The zero-order valence-corrected chi connectivity index (χ0v) is 14.1. The second kappa shape index (κ2) is 7.26. The van der Waals surface area contributed by atoms with E-state index in [0.29, 0.717) is 17.1 Å². The monoisotopic (exact) mass is 423 g/mol. The number of halogens is 4. The fraction of sp³-hybridized carbons (Fsp3) is 0.200. The van der Waals surface area contributed by atoms with E-state index in [9.17, 15) is 8.78 Å². The van der Waals surface area contributed by atoms with Crippen LogP contribution in [-0.2, 0) is 6.54 Å². The van der Waals surface area contributed by atoms with Crippen molar-refractivity contribution < 1.29 is 13.5 Å². The summed E-state index contributed by atoms with van der Waals surface area (Å²) in [6, 6.07) is 10.5. The van der Waals surface area contributed by atoms with Crippen molar-refractivity contribution in [3.63, 3.8) is 0 Å². The van der Waals surface area contributed by atoms with E-state index in [0.717, 1.165) is 9.26 Å². The molecule has 2 aromatic rings. The van der Waals surface area contributed by atoms with Gasteiger partial charge in [-0.05, 0) is 65.4 Å². The molecule has 2 nitrogen and oxygen atoms in total. The summed E-state index contributed by atoms with van der Waals surface area (Å²) in [4.78, 5) is 0. The standard InChI is InChI=1S/C15H13ClF2INO/c1-9-2-4-12(7-13(9)19)20-8-10-6-11(16)3-5-14(10)21-15(17)18/h2-7,15,20H,8H2,1H3.